The summed E-state index contributed by atoms with van der Waals surface area (Å²) < 4.78 is 2.65. The zero-order valence-corrected chi connectivity index (χ0v) is 12.0. The quantitative estimate of drug-likeness (QED) is 0.621. The van der Waals surface area contributed by atoms with E-state index in [1.807, 2.05) is 23.8 Å². The topological polar surface area (TPSA) is 20.9 Å². The molecule has 2 heterocycles. The van der Waals surface area contributed by atoms with Crippen molar-refractivity contribution in [3.8, 4) is 0 Å². The maximum atomic E-state index is 12.1. The number of aromatic nitrogens is 1. The van der Waals surface area contributed by atoms with Crippen molar-refractivity contribution in [2.45, 2.75) is 26.8 Å². The molecule has 18 heavy (non-hydrogen) atoms. The summed E-state index contributed by atoms with van der Waals surface area (Å²) >= 11 is 7.18. The Morgan fingerprint density at radius 1 is 1.33 bits per heavy atom. The Morgan fingerprint density at radius 2 is 2.11 bits per heavy atom. The highest BCUT2D eigenvalue weighted by Crippen LogP contribution is 2.21. The van der Waals surface area contributed by atoms with Crippen molar-refractivity contribution in [2.24, 2.45) is 0 Å². The first kappa shape index (κ1) is 13.2. The van der Waals surface area contributed by atoms with E-state index >= 15 is 0 Å². The summed E-state index contributed by atoms with van der Waals surface area (Å²) in [5.74, 6) is 0.105. The molecule has 0 N–H and O–H groups in total. The maximum Gasteiger partial charge on any atom is 0.237 e. The second-order valence-corrected chi connectivity index (χ2v) is 5.90. The Balaban J connectivity index is 2.21. The van der Waals surface area contributed by atoms with Gasteiger partial charge < -0.3 is 0 Å². The number of Topliss-reactive ketones (excluding diaryl/α,β-unsaturated/α-hetero) is 1. The second-order valence-electron chi connectivity index (χ2n) is 4.19. The van der Waals surface area contributed by atoms with Crippen molar-refractivity contribution in [3.63, 3.8) is 0 Å². The summed E-state index contributed by atoms with van der Waals surface area (Å²) in [5, 5.41) is 0. The van der Waals surface area contributed by atoms with E-state index in [2.05, 4.69) is 13.0 Å². The molecule has 0 atom stereocenters. The predicted molar refractivity (Wildman–Crippen MR) is 74.4 cm³/mol. The highest BCUT2D eigenvalue weighted by molar-refractivity contribution is 7.18. The number of nitrogens with zero attached hydrogens (tertiary/aromatic N) is 1. The molecular formula is C14H15ClNOS+. The molecule has 0 aliphatic heterocycles. The van der Waals surface area contributed by atoms with Gasteiger partial charge in [0, 0.05) is 18.6 Å². The molecule has 2 rings (SSSR count). The van der Waals surface area contributed by atoms with Crippen LogP contribution < -0.4 is 4.57 Å². The molecule has 4 heteroatoms. The van der Waals surface area contributed by atoms with E-state index in [1.165, 1.54) is 16.9 Å². The largest absolute Gasteiger partial charge is 0.286 e. The summed E-state index contributed by atoms with van der Waals surface area (Å²) in [6, 6.07) is 7.69. The number of aryl methyl sites for hydroxylation is 2. The molecule has 0 aromatic carbocycles. The van der Waals surface area contributed by atoms with Crippen LogP contribution in [-0.2, 0) is 13.0 Å². The van der Waals surface area contributed by atoms with E-state index in [0.717, 1.165) is 12.1 Å². The Bertz CT molecular complexity index is 577. The summed E-state index contributed by atoms with van der Waals surface area (Å²) in [5.41, 5.74) is 2.32. The van der Waals surface area contributed by atoms with Crippen LogP contribution in [0.2, 0.25) is 4.34 Å². The molecule has 94 valence electrons. The van der Waals surface area contributed by atoms with E-state index in [0.29, 0.717) is 15.8 Å². The first-order chi connectivity index (χ1) is 8.60. The predicted octanol–water partition coefficient (Wildman–Crippen LogP) is 3.44. The van der Waals surface area contributed by atoms with E-state index < -0.39 is 0 Å². The molecule has 0 spiro atoms. The van der Waals surface area contributed by atoms with Crippen LogP contribution in [-0.4, -0.2) is 5.78 Å². The van der Waals surface area contributed by atoms with Crippen molar-refractivity contribution < 1.29 is 9.36 Å². The lowest BCUT2D eigenvalue weighted by molar-refractivity contribution is -0.689. The van der Waals surface area contributed by atoms with Gasteiger partial charge in [-0.15, -0.1) is 11.3 Å². The van der Waals surface area contributed by atoms with Crippen LogP contribution >= 0.6 is 22.9 Å². The first-order valence-corrected chi connectivity index (χ1v) is 7.07. The number of thiophene rings is 1. The average molecular weight is 281 g/mol. The smallest absolute Gasteiger partial charge is 0.237 e. The van der Waals surface area contributed by atoms with Crippen molar-refractivity contribution in [3.05, 3.63) is 50.9 Å². The Morgan fingerprint density at radius 3 is 2.72 bits per heavy atom. The van der Waals surface area contributed by atoms with Crippen LogP contribution in [0.5, 0.6) is 0 Å². The summed E-state index contributed by atoms with van der Waals surface area (Å²) in [7, 11) is 0. The zero-order chi connectivity index (χ0) is 13.1. The number of hydrogen-bond donors (Lipinski definition) is 0. The number of rotatable bonds is 4. The number of carbonyl (C=O) groups excluding carboxylic acids is 1. The maximum absolute atomic E-state index is 12.1. The van der Waals surface area contributed by atoms with Crippen LogP contribution in [0.4, 0.5) is 0 Å². The van der Waals surface area contributed by atoms with Gasteiger partial charge >= 0.3 is 0 Å². The molecule has 0 bridgehead atoms. The third-order valence-corrected chi connectivity index (χ3v) is 4.16. The minimum Gasteiger partial charge on any atom is -0.286 e. The van der Waals surface area contributed by atoms with Gasteiger partial charge in [0.2, 0.25) is 12.3 Å². The van der Waals surface area contributed by atoms with Crippen LogP contribution in [0.15, 0.2) is 30.5 Å². The molecule has 0 saturated heterocycles. The van der Waals surface area contributed by atoms with Crippen molar-refractivity contribution in [2.75, 3.05) is 0 Å². The molecular weight excluding hydrogens is 266 g/mol. The van der Waals surface area contributed by atoms with Crippen LogP contribution in [0, 0.1) is 6.92 Å². The molecule has 0 unspecified atom stereocenters. The second kappa shape index (κ2) is 5.63. The highest BCUT2D eigenvalue weighted by atomic mass is 35.5. The van der Waals surface area contributed by atoms with Gasteiger partial charge in [-0.25, -0.2) is 0 Å². The van der Waals surface area contributed by atoms with Gasteiger partial charge in [-0.1, -0.05) is 18.5 Å². The molecule has 0 fully saturated rings. The molecule has 0 aliphatic carbocycles. The van der Waals surface area contributed by atoms with Gasteiger partial charge in [-0.05, 0) is 24.6 Å². The van der Waals surface area contributed by atoms with Crippen molar-refractivity contribution >= 4 is 28.7 Å². The van der Waals surface area contributed by atoms with Crippen molar-refractivity contribution in [1.29, 1.82) is 0 Å². The van der Waals surface area contributed by atoms with E-state index in [1.54, 1.807) is 12.1 Å². The molecule has 0 amide bonds. The number of hydrogen-bond acceptors (Lipinski definition) is 2. The molecule has 0 aliphatic rings. The molecule has 2 aromatic rings. The lowest BCUT2D eigenvalue weighted by atomic mass is 10.2. The number of halogens is 1. The van der Waals surface area contributed by atoms with Gasteiger partial charge in [0.05, 0.1) is 9.21 Å². The molecule has 2 nitrogen and oxygen atoms in total. The van der Waals surface area contributed by atoms with Gasteiger partial charge in [-0.2, -0.15) is 4.57 Å². The van der Waals surface area contributed by atoms with Gasteiger partial charge in [-0.3, -0.25) is 4.79 Å². The fourth-order valence-corrected chi connectivity index (χ4v) is 2.72. The van der Waals surface area contributed by atoms with E-state index in [4.69, 9.17) is 11.6 Å². The number of ketones is 1. The minimum absolute atomic E-state index is 0.105. The summed E-state index contributed by atoms with van der Waals surface area (Å²) in [4.78, 5) is 12.8. The molecule has 0 saturated carbocycles. The zero-order valence-electron chi connectivity index (χ0n) is 10.4. The third-order valence-electron chi connectivity index (χ3n) is 2.88. The third kappa shape index (κ3) is 2.98. The van der Waals surface area contributed by atoms with Gasteiger partial charge in [0.15, 0.2) is 11.9 Å². The normalized spacial score (nSPS) is 10.6. The standard InChI is InChI=1S/C14H15ClNOS/c1-3-11-5-4-10(2)16(8-11)9-12(17)13-6-7-14(15)18-13/h4-8H,3,9H2,1-2H3/q+1. The van der Waals surface area contributed by atoms with Gasteiger partial charge in [0.1, 0.15) is 0 Å². The van der Waals surface area contributed by atoms with Crippen LogP contribution in [0.3, 0.4) is 0 Å². The monoisotopic (exact) mass is 280 g/mol. The first-order valence-electron chi connectivity index (χ1n) is 5.87. The van der Waals surface area contributed by atoms with E-state index in [-0.39, 0.29) is 5.78 Å². The van der Waals surface area contributed by atoms with Crippen LogP contribution in [0.1, 0.15) is 27.9 Å². The minimum atomic E-state index is 0.105. The summed E-state index contributed by atoms with van der Waals surface area (Å²) in [6.07, 6.45) is 3.02. The fourth-order valence-electron chi connectivity index (χ4n) is 1.74. The number of carbonyl (C=O) groups is 1. The summed E-state index contributed by atoms with van der Waals surface area (Å²) in [6.45, 7) is 4.49. The lowest BCUT2D eigenvalue weighted by Crippen LogP contribution is -2.40. The average Bonchev–Trinajstić information content (AvgIpc) is 2.79. The Hall–Kier alpha value is -1.19. The fraction of sp³-hybridized carbons (Fsp3) is 0.286. The highest BCUT2D eigenvalue weighted by Gasteiger charge is 2.16. The van der Waals surface area contributed by atoms with E-state index in [9.17, 15) is 4.79 Å². The Kier molecular flexibility index (Phi) is 4.15. The Labute approximate surface area is 116 Å². The molecule has 0 radical (unpaired) electrons. The van der Waals surface area contributed by atoms with Crippen LogP contribution in [0.25, 0.3) is 0 Å². The number of pyridine rings is 1. The van der Waals surface area contributed by atoms with Crippen molar-refractivity contribution in [1.82, 2.24) is 0 Å². The molecule has 2 aromatic heterocycles. The SMILES string of the molecule is CCc1ccc(C)[n+](CC(=O)c2ccc(Cl)s2)c1. The lowest BCUT2D eigenvalue weighted by Gasteiger charge is -2.01. The van der Waals surface area contributed by atoms with Gasteiger partial charge in [0.25, 0.3) is 0 Å².